The molecule has 15 heteroatoms. The Morgan fingerprint density at radius 1 is 1.06 bits per heavy atom. The molecule has 0 saturated heterocycles. The third kappa shape index (κ3) is 5.46. The highest BCUT2D eigenvalue weighted by Gasteiger charge is 2.59. The smallest absolute Gasteiger partial charge is 0.434 e. The lowest BCUT2D eigenvalue weighted by molar-refractivity contribution is -0.300. The summed E-state index contributed by atoms with van der Waals surface area (Å²) in [5, 5.41) is 2.78. The fourth-order valence-electron chi connectivity index (χ4n) is 2.71. The lowest BCUT2D eigenvalue weighted by Gasteiger charge is -2.24. The Morgan fingerprint density at radius 2 is 1.70 bits per heavy atom. The molecule has 1 N–H and O–H groups in total. The van der Waals surface area contributed by atoms with E-state index in [4.69, 9.17) is 0 Å². The molecule has 0 spiro atoms. The normalized spacial score (nSPS) is 12.9. The number of nitrogens with one attached hydrogen (secondary N) is 1. The first-order valence-corrected chi connectivity index (χ1v) is 8.88. The minimum atomic E-state index is -5.89. The zero-order valence-electron chi connectivity index (χ0n) is 16.6. The van der Waals surface area contributed by atoms with Gasteiger partial charge in [0.2, 0.25) is 17.6 Å². The number of pyridine rings is 1. The van der Waals surface area contributed by atoms with Crippen LogP contribution in [0.3, 0.4) is 0 Å². The molecule has 0 bridgehead atoms. The SMILES string of the molecule is CC(=O)Nc1cc2c(ccn2-c2cc(OC(C(F)(F)F)C(F)(F)F)nc(C(C)(F)F)n2)cn1. The first-order chi connectivity index (χ1) is 15.1. The van der Waals surface area contributed by atoms with Crippen LogP contribution in [0.1, 0.15) is 19.7 Å². The van der Waals surface area contributed by atoms with Crippen molar-refractivity contribution in [2.45, 2.75) is 38.2 Å². The average Bonchev–Trinajstić information content (AvgIpc) is 3.06. The molecule has 0 saturated carbocycles. The minimum absolute atomic E-state index is 0.0516. The molecule has 178 valence electrons. The van der Waals surface area contributed by atoms with Gasteiger partial charge in [0.15, 0.2) is 0 Å². The number of carbonyl (C=O) groups is 1. The molecule has 3 heterocycles. The number of hydrogen-bond donors (Lipinski definition) is 1. The Hall–Kier alpha value is -3.52. The Labute approximate surface area is 179 Å². The number of hydrogen-bond acceptors (Lipinski definition) is 5. The predicted molar refractivity (Wildman–Crippen MR) is 97.1 cm³/mol. The molecule has 0 aliphatic carbocycles. The van der Waals surface area contributed by atoms with Gasteiger partial charge in [0.25, 0.3) is 6.10 Å². The lowest BCUT2D eigenvalue weighted by Crippen LogP contribution is -2.46. The van der Waals surface area contributed by atoms with Gasteiger partial charge in [-0.15, -0.1) is 0 Å². The topological polar surface area (TPSA) is 81.9 Å². The standard InChI is InChI=1S/C18H13F8N5O2/c1-8(32)28-11-5-10-9(7-27-11)3-4-31(10)12-6-13(30-15(29-12)16(2,19)20)33-14(17(21,22)23)18(24,25)26/h3-7,14H,1-2H3,(H,27,28,32). The van der Waals surface area contributed by atoms with Gasteiger partial charge in [0, 0.05) is 43.8 Å². The van der Waals surface area contributed by atoms with Crippen LogP contribution in [-0.4, -0.2) is 43.9 Å². The van der Waals surface area contributed by atoms with Gasteiger partial charge in [-0.2, -0.15) is 40.1 Å². The molecule has 1 amide bonds. The summed E-state index contributed by atoms with van der Waals surface area (Å²) in [6.45, 7) is 1.51. The van der Waals surface area contributed by atoms with E-state index in [0.717, 1.165) is 4.57 Å². The number of amides is 1. The van der Waals surface area contributed by atoms with E-state index in [1.54, 1.807) is 0 Å². The second kappa shape index (κ2) is 8.12. The molecule has 0 aliphatic heterocycles. The van der Waals surface area contributed by atoms with Gasteiger partial charge >= 0.3 is 18.3 Å². The van der Waals surface area contributed by atoms with Gasteiger partial charge in [-0.05, 0) is 6.07 Å². The van der Waals surface area contributed by atoms with E-state index in [0.29, 0.717) is 18.4 Å². The summed E-state index contributed by atoms with van der Waals surface area (Å²) in [4.78, 5) is 21.8. The van der Waals surface area contributed by atoms with Crippen molar-refractivity contribution < 1.29 is 44.7 Å². The van der Waals surface area contributed by atoms with Crippen LogP contribution < -0.4 is 10.1 Å². The van der Waals surface area contributed by atoms with Crippen LogP contribution in [0.4, 0.5) is 40.9 Å². The molecule has 0 radical (unpaired) electrons. The molecule has 33 heavy (non-hydrogen) atoms. The summed E-state index contributed by atoms with van der Waals surface area (Å²) < 4.78 is 110. The Kier molecular flexibility index (Phi) is 5.93. The molecule has 0 fully saturated rings. The van der Waals surface area contributed by atoms with Crippen LogP contribution in [-0.2, 0) is 10.7 Å². The minimum Gasteiger partial charge on any atom is -0.455 e. The van der Waals surface area contributed by atoms with Crippen molar-refractivity contribution in [3.05, 3.63) is 36.4 Å². The summed E-state index contributed by atoms with van der Waals surface area (Å²) in [6.07, 6.45) is -13.5. The highest BCUT2D eigenvalue weighted by atomic mass is 19.4. The number of aromatic nitrogens is 4. The Morgan fingerprint density at radius 3 is 2.24 bits per heavy atom. The van der Waals surface area contributed by atoms with Gasteiger partial charge < -0.3 is 14.6 Å². The van der Waals surface area contributed by atoms with Crippen LogP contribution in [0.2, 0.25) is 0 Å². The molecule has 0 aromatic carbocycles. The van der Waals surface area contributed by atoms with E-state index >= 15 is 0 Å². The number of carbonyl (C=O) groups excluding carboxylic acids is 1. The van der Waals surface area contributed by atoms with E-state index < -0.39 is 47.8 Å². The number of anilines is 1. The number of alkyl halides is 8. The maximum absolute atomic E-state index is 13.9. The highest BCUT2D eigenvalue weighted by molar-refractivity contribution is 5.91. The largest absolute Gasteiger partial charge is 0.455 e. The van der Waals surface area contributed by atoms with Crippen LogP contribution in [0, 0.1) is 0 Å². The summed E-state index contributed by atoms with van der Waals surface area (Å²) in [5.74, 6) is -7.49. The quantitative estimate of drug-likeness (QED) is 0.530. The fraction of sp³-hybridized carbons (Fsp3) is 0.333. The van der Waals surface area contributed by atoms with Crippen molar-refractivity contribution in [1.82, 2.24) is 19.5 Å². The van der Waals surface area contributed by atoms with Crippen molar-refractivity contribution in [1.29, 1.82) is 0 Å². The van der Waals surface area contributed by atoms with Gasteiger partial charge in [0.05, 0.1) is 5.52 Å². The highest BCUT2D eigenvalue weighted by Crippen LogP contribution is 2.37. The average molecular weight is 483 g/mol. The van der Waals surface area contributed by atoms with Crippen molar-refractivity contribution in [2.75, 3.05) is 5.32 Å². The maximum atomic E-state index is 13.9. The molecular formula is C18H13F8N5O2. The van der Waals surface area contributed by atoms with E-state index in [1.807, 2.05) is 0 Å². The Bertz CT molecular complexity index is 1170. The van der Waals surface area contributed by atoms with E-state index in [1.165, 1.54) is 31.5 Å². The molecular weight excluding hydrogens is 470 g/mol. The van der Waals surface area contributed by atoms with E-state index in [-0.39, 0.29) is 11.3 Å². The summed E-state index contributed by atoms with van der Waals surface area (Å²) >= 11 is 0. The second-order valence-electron chi connectivity index (χ2n) is 6.85. The third-order valence-corrected chi connectivity index (χ3v) is 4.04. The van der Waals surface area contributed by atoms with Gasteiger partial charge in [-0.25, -0.2) is 9.97 Å². The van der Waals surface area contributed by atoms with Crippen LogP contribution >= 0.6 is 0 Å². The molecule has 0 aliphatic rings. The summed E-state index contributed by atoms with van der Waals surface area (Å²) in [6, 6.07) is 3.29. The van der Waals surface area contributed by atoms with Crippen LogP contribution in [0.5, 0.6) is 5.88 Å². The predicted octanol–water partition coefficient (Wildman–Crippen LogP) is 4.76. The number of fused-ring (bicyclic) bond motifs is 1. The molecule has 3 aromatic rings. The summed E-state index contributed by atoms with van der Waals surface area (Å²) in [7, 11) is 0. The molecule has 3 rings (SSSR count). The van der Waals surface area contributed by atoms with Gasteiger partial charge in [-0.1, -0.05) is 0 Å². The van der Waals surface area contributed by atoms with Crippen LogP contribution in [0.15, 0.2) is 30.6 Å². The molecule has 0 atom stereocenters. The first kappa shape index (κ1) is 24.1. The van der Waals surface area contributed by atoms with Crippen molar-refractivity contribution in [3.8, 4) is 11.7 Å². The van der Waals surface area contributed by atoms with Crippen molar-refractivity contribution in [2.24, 2.45) is 0 Å². The number of ether oxygens (including phenoxy) is 1. The molecule has 0 unspecified atom stereocenters. The van der Waals surface area contributed by atoms with Gasteiger partial charge in [0.1, 0.15) is 11.6 Å². The lowest BCUT2D eigenvalue weighted by atomic mass is 10.3. The summed E-state index contributed by atoms with van der Waals surface area (Å²) in [5.41, 5.74) is 0.201. The second-order valence-corrected chi connectivity index (χ2v) is 6.85. The molecule has 3 aromatic heterocycles. The number of rotatable bonds is 5. The number of halogens is 8. The van der Waals surface area contributed by atoms with Crippen molar-refractivity contribution >= 4 is 22.6 Å². The van der Waals surface area contributed by atoms with Gasteiger partial charge in [-0.3, -0.25) is 4.79 Å². The third-order valence-electron chi connectivity index (χ3n) is 4.04. The number of nitrogens with zero attached hydrogens (tertiary/aromatic N) is 4. The van der Waals surface area contributed by atoms with E-state index in [2.05, 4.69) is 25.0 Å². The van der Waals surface area contributed by atoms with Crippen molar-refractivity contribution in [3.63, 3.8) is 0 Å². The van der Waals surface area contributed by atoms with E-state index in [9.17, 15) is 39.9 Å². The van der Waals surface area contributed by atoms with Crippen LogP contribution in [0.25, 0.3) is 16.7 Å². The zero-order chi connectivity index (χ0) is 24.8. The zero-order valence-corrected chi connectivity index (χ0v) is 16.6. The Balaban J connectivity index is 2.16. The fourth-order valence-corrected chi connectivity index (χ4v) is 2.71. The maximum Gasteiger partial charge on any atom is 0.434 e. The molecule has 7 nitrogen and oxygen atoms in total. The first-order valence-electron chi connectivity index (χ1n) is 8.88. The monoisotopic (exact) mass is 483 g/mol.